The number of hydrogen-bond acceptors (Lipinski definition) is 1. The van der Waals surface area contributed by atoms with Gasteiger partial charge in [0.2, 0.25) is 0 Å². The van der Waals surface area contributed by atoms with Gasteiger partial charge in [0.05, 0.1) is 0 Å². The third-order valence-corrected chi connectivity index (χ3v) is 3.46. The number of allylic oxidation sites excluding steroid dienone is 1. The summed E-state index contributed by atoms with van der Waals surface area (Å²) in [7, 11) is 0. The topological polar surface area (TPSA) is 0 Å². The van der Waals surface area contributed by atoms with Crippen molar-refractivity contribution in [3.63, 3.8) is 0 Å². The first-order chi connectivity index (χ1) is 8.41. The van der Waals surface area contributed by atoms with Crippen LogP contribution in [0.5, 0.6) is 0 Å². The Morgan fingerprint density at radius 1 is 0.647 bits per heavy atom. The normalized spacial score (nSPS) is 11.4. The zero-order valence-electron chi connectivity index (χ0n) is 11.8. The molecule has 0 aliphatic carbocycles. The molecule has 0 heterocycles. The molecule has 0 aromatic rings. The van der Waals surface area contributed by atoms with E-state index in [1.54, 1.807) is 0 Å². The van der Waals surface area contributed by atoms with Crippen LogP contribution in [0.25, 0.3) is 0 Å². The van der Waals surface area contributed by atoms with E-state index in [-0.39, 0.29) is 0 Å². The Hall–Kier alpha value is 0.0900. The van der Waals surface area contributed by atoms with Crippen LogP contribution >= 0.6 is 12.6 Å². The summed E-state index contributed by atoms with van der Waals surface area (Å²) >= 11 is 4.15. The van der Waals surface area contributed by atoms with E-state index in [1.165, 1.54) is 77.0 Å². The van der Waals surface area contributed by atoms with Gasteiger partial charge < -0.3 is 0 Å². The van der Waals surface area contributed by atoms with Gasteiger partial charge in [-0.3, -0.25) is 0 Å². The molecule has 0 saturated carbocycles. The van der Waals surface area contributed by atoms with Gasteiger partial charge in [-0.05, 0) is 12.8 Å². The predicted molar refractivity (Wildman–Crippen MR) is 84.1 cm³/mol. The Kier molecular flexibility index (Phi) is 16.2. The average molecular weight is 256 g/mol. The van der Waals surface area contributed by atoms with E-state index >= 15 is 0 Å². The molecule has 0 radical (unpaired) electrons. The van der Waals surface area contributed by atoms with Gasteiger partial charge in [0.25, 0.3) is 0 Å². The maximum Gasteiger partial charge on any atom is 0.00825 e. The van der Waals surface area contributed by atoms with Crippen LogP contribution in [0.4, 0.5) is 0 Å². The average Bonchev–Trinajstić information content (AvgIpc) is 2.35. The van der Waals surface area contributed by atoms with Gasteiger partial charge >= 0.3 is 0 Å². The van der Waals surface area contributed by atoms with Crippen molar-refractivity contribution < 1.29 is 0 Å². The van der Waals surface area contributed by atoms with Gasteiger partial charge in [0, 0.05) is 5.75 Å². The van der Waals surface area contributed by atoms with Crippen LogP contribution in [0, 0.1) is 0 Å². The first-order valence-corrected chi connectivity index (χ1v) is 8.31. The third kappa shape index (κ3) is 16.1. The van der Waals surface area contributed by atoms with Crippen LogP contribution in [-0.4, -0.2) is 5.75 Å². The van der Waals surface area contributed by atoms with Crippen molar-refractivity contribution in [3.8, 4) is 0 Å². The molecule has 0 bridgehead atoms. The number of hydrogen-bond donors (Lipinski definition) is 1. The highest BCUT2D eigenvalue weighted by Crippen LogP contribution is 2.11. The van der Waals surface area contributed by atoms with Crippen LogP contribution in [0.15, 0.2) is 12.2 Å². The number of thiol groups is 1. The van der Waals surface area contributed by atoms with Crippen molar-refractivity contribution in [1.82, 2.24) is 0 Å². The smallest absolute Gasteiger partial charge is 0.00825 e. The molecular weight excluding hydrogens is 224 g/mol. The molecule has 0 aromatic heterocycles. The summed E-state index contributed by atoms with van der Waals surface area (Å²) in [5.74, 6) is 0.887. The lowest BCUT2D eigenvalue weighted by atomic mass is 10.1. The van der Waals surface area contributed by atoms with E-state index in [0.29, 0.717) is 0 Å². The Labute approximate surface area is 115 Å². The minimum atomic E-state index is 0.887. The Balaban J connectivity index is 2.91. The summed E-state index contributed by atoms with van der Waals surface area (Å²) in [5, 5.41) is 0. The molecule has 102 valence electrons. The fraction of sp³-hybridized carbons (Fsp3) is 0.875. The first-order valence-electron chi connectivity index (χ1n) is 7.67. The molecule has 0 atom stereocenters. The molecule has 0 aromatic carbocycles. The molecule has 0 amide bonds. The molecule has 1 heteroatoms. The van der Waals surface area contributed by atoms with Crippen molar-refractivity contribution in [2.45, 2.75) is 84.0 Å². The van der Waals surface area contributed by atoms with E-state index in [9.17, 15) is 0 Å². The molecule has 0 aliphatic heterocycles. The summed E-state index contributed by atoms with van der Waals surface area (Å²) in [6.45, 7) is 2.28. The van der Waals surface area contributed by atoms with Gasteiger partial charge in [-0.25, -0.2) is 0 Å². The van der Waals surface area contributed by atoms with Crippen LogP contribution < -0.4 is 0 Å². The zero-order chi connectivity index (χ0) is 12.6. The number of unbranched alkanes of at least 4 members (excludes halogenated alkanes) is 11. The summed E-state index contributed by atoms with van der Waals surface area (Å²) < 4.78 is 0. The second-order valence-electron chi connectivity index (χ2n) is 4.98. The summed E-state index contributed by atoms with van der Waals surface area (Å²) in [4.78, 5) is 0. The van der Waals surface area contributed by atoms with E-state index in [0.717, 1.165) is 5.75 Å². The Bertz CT molecular complexity index is 152. The van der Waals surface area contributed by atoms with Crippen LogP contribution in [0.1, 0.15) is 84.0 Å². The molecule has 0 saturated heterocycles. The van der Waals surface area contributed by atoms with E-state index in [2.05, 4.69) is 31.7 Å². The summed E-state index contributed by atoms with van der Waals surface area (Å²) in [6.07, 6.45) is 21.4. The summed E-state index contributed by atoms with van der Waals surface area (Å²) in [6, 6.07) is 0. The molecular formula is C16H32S. The largest absolute Gasteiger partial charge is 0.175 e. The van der Waals surface area contributed by atoms with Crippen molar-refractivity contribution in [2.24, 2.45) is 0 Å². The van der Waals surface area contributed by atoms with E-state index < -0.39 is 0 Å². The first kappa shape index (κ1) is 17.1. The van der Waals surface area contributed by atoms with Gasteiger partial charge in [-0.15, -0.1) is 0 Å². The molecule has 0 unspecified atom stereocenters. The molecule has 0 nitrogen and oxygen atoms in total. The maximum absolute atomic E-state index is 4.15. The maximum atomic E-state index is 4.15. The van der Waals surface area contributed by atoms with Gasteiger partial charge in [0.1, 0.15) is 0 Å². The molecule has 0 fully saturated rings. The summed E-state index contributed by atoms with van der Waals surface area (Å²) in [5.41, 5.74) is 0. The Morgan fingerprint density at radius 2 is 1.12 bits per heavy atom. The lowest BCUT2D eigenvalue weighted by molar-refractivity contribution is 0.550. The molecule has 0 aliphatic rings. The van der Waals surface area contributed by atoms with Gasteiger partial charge in [0.15, 0.2) is 0 Å². The standard InChI is InChI=1S/C16H32S/c1-2-3-4-5-6-7-8-9-10-11-12-13-14-15-16-17/h14-15,17H,2-13,16H2,1H3/b15-14+. The lowest BCUT2D eigenvalue weighted by Crippen LogP contribution is -1.82. The molecule has 17 heavy (non-hydrogen) atoms. The quantitative estimate of drug-likeness (QED) is 0.227. The minimum absolute atomic E-state index is 0.887. The number of rotatable bonds is 13. The third-order valence-electron chi connectivity index (χ3n) is 3.25. The highest BCUT2D eigenvalue weighted by atomic mass is 32.1. The lowest BCUT2D eigenvalue weighted by Gasteiger charge is -2.01. The molecule has 0 N–H and O–H groups in total. The second-order valence-corrected chi connectivity index (χ2v) is 5.34. The van der Waals surface area contributed by atoms with Crippen LogP contribution in [-0.2, 0) is 0 Å². The molecule has 0 spiro atoms. The zero-order valence-corrected chi connectivity index (χ0v) is 12.7. The van der Waals surface area contributed by atoms with Crippen LogP contribution in [0.2, 0.25) is 0 Å². The van der Waals surface area contributed by atoms with E-state index in [4.69, 9.17) is 0 Å². The van der Waals surface area contributed by atoms with E-state index in [1.807, 2.05) is 0 Å². The fourth-order valence-corrected chi connectivity index (χ4v) is 2.27. The van der Waals surface area contributed by atoms with Gasteiger partial charge in [-0.2, -0.15) is 12.6 Å². The highest BCUT2D eigenvalue weighted by molar-refractivity contribution is 7.80. The molecule has 0 rings (SSSR count). The SMILES string of the molecule is CCCCCCCCCCCCC/C=C/CS. The van der Waals surface area contributed by atoms with Crippen LogP contribution in [0.3, 0.4) is 0 Å². The van der Waals surface area contributed by atoms with Crippen molar-refractivity contribution in [1.29, 1.82) is 0 Å². The van der Waals surface area contributed by atoms with Crippen molar-refractivity contribution >= 4 is 12.6 Å². The minimum Gasteiger partial charge on any atom is -0.175 e. The van der Waals surface area contributed by atoms with Crippen molar-refractivity contribution in [3.05, 3.63) is 12.2 Å². The predicted octanol–water partition coefficient (Wildman–Crippen LogP) is 6.17. The second kappa shape index (κ2) is 16.1. The van der Waals surface area contributed by atoms with Crippen molar-refractivity contribution in [2.75, 3.05) is 5.75 Å². The fourth-order valence-electron chi connectivity index (χ4n) is 2.12. The monoisotopic (exact) mass is 256 g/mol. The highest BCUT2D eigenvalue weighted by Gasteiger charge is 1.92. The Morgan fingerprint density at radius 3 is 1.59 bits per heavy atom. The van der Waals surface area contributed by atoms with Gasteiger partial charge in [-0.1, -0.05) is 83.3 Å².